The molecule has 0 fully saturated rings. The molecule has 2 heterocycles. The van der Waals surface area contributed by atoms with E-state index < -0.39 is 23.4 Å². The van der Waals surface area contributed by atoms with E-state index in [2.05, 4.69) is 5.16 Å². The van der Waals surface area contributed by atoms with Crippen molar-refractivity contribution in [1.82, 2.24) is 9.72 Å². The van der Waals surface area contributed by atoms with Gasteiger partial charge in [0.2, 0.25) is 0 Å². The number of aliphatic carboxylic acids is 1. The van der Waals surface area contributed by atoms with Crippen LogP contribution in [0.3, 0.4) is 0 Å². The summed E-state index contributed by atoms with van der Waals surface area (Å²) in [6.45, 7) is 4.16. The van der Waals surface area contributed by atoms with Gasteiger partial charge in [0.05, 0.1) is 15.6 Å². The number of hydrogen-bond donors (Lipinski definition) is 1. The zero-order valence-corrected chi connectivity index (χ0v) is 20.2. The molecule has 0 aliphatic rings. The number of carboxylic acids is 1. The first-order chi connectivity index (χ1) is 16.4. The number of carboxylic acid groups (broad SMARTS) is 1. The summed E-state index contributed by atoms with van der Waals surface area (Å²) in [6, 6.07) is 7.05. The maximum Gasteiger partial charge on any atom is 0.328 e. The van der Waals surface area contributed by atoms with Crippen molar-refractivity contribution in [2.75, 3.05) is 0 Å². The number of hydrogen-bond acceptors (Lipinski definition) is 4. The predicted molar refractivity (Wildman–Crippen MR) is 129 cm³/mol. The Kier molecular flexibility index (Phi) is 6.29. The van der Waals surface area contributed by atoms with Crippen molar-refractivity contribution in [3.05, 3.63) is 80.9 Å². The summed E-state index contributed by atoms with van der Waals surface area (Å²) >= 11 is 12.4. The molecule has 6 nitrogen and oxygen atoms in total. The van der Waals surface area contributed by atoms with Crippen molar-refractivity contribution in [1.29, 1.82) is 0 Å². The van der Waals surface area contributed by atoms with Crippen LogP contribution in [-0.4, -0.2) is 26.7 Å². The van der Waals surface area contributed by atoms with Crippen LogP contribution in [0, 0.1) is 12.7 Å². The minimum Gasteiger partial charge on any atom is -0.478 e. The van der Waals surface area contributed by atoms with E-state index in [0.717, 1.165) is 18.2 Å². The van der Waals surface area contributed by atoms with Crippen LogP contribution in [0.4, 0.5) is 8.78 Å². The molecule has 0 atom stereocenters. The van der Waals surface area contributed by atoms with Crippen molar-refractivity contribution >= 4 is 52.1 Å². The minimum absolute atomic E-state index is 0.0237. The fourth-order valence-corrected chi connectivity index (χ4v) is 4.58. The van der Waals surface area contributed by atoms with Crippen molar-refractivity contribution in [3.8, 4) is 11.3 Å². The van der Waals surface area contributed by atoms with E-state index in [4.69, 9.17) is 32.8 Å². The molecule has 35 heavy (non-hydrogen) atoms. The van der Waals surface area contributed by atoms with Gasteiger partial charge >= 0.3 is 5.97 Å². The minimum atomic E-state index is -2.11. The maximum atomic E-state index is 15.1. The topological polar surface area (TPSA) is 85.3 Å². The lowest BCUT2D eigenvalue weighted by molar-refractivity contribution is -0.131. The van der Waals surface area contributed by atoms with E-state index in [0.29, 0.717) is 22.0 Å². The van der Waals surface area contributed by atoms with Gasteiger partial charge in [-0.25, -0.2) is 13.6 Å². The Balaban J connectivity index is 1.98. The largest absolute Gasteiger partial charge is 0.478 e. The van der Waals surface area contributed by atoms with E-state index >= 15 is 4.39 Å². The van der Waals surface area contributed by atoms with Gasteiger partial charge in [-0.05, 0) is 56.2 Å². The molecule has 0 aliphatic heterocycles. The normalized spacial score (nSPS) is 12.1. The summed E-state index contributed by atoms with van der Waals surface area (Å²) < 4.78 is 35.5. The molecule has 2 aromatic carbocycles. The van der Waals surface area contributed by atoms with Gasteiger partial charge in [0, 0.05) is 23.2 Å². The Labute approximate surface area is 208 Å². The second kappa shape index (κ2) is 8.94. The SMILES string of the molecule is Cc1cn(C(=O)c2c(-c3c(Cl)cc(F)cc3Cl)noc2C(C)(C)F)c2cccc(/C=C/C(=O)O)c12. The van der Waals surface area contributed by atoms with E-state index in [9.17, 15) is 14.0 Å². The number of rotatable bonds is 5. The third-order valence-corrected chi connectivity index (χ3v) is 5.96. The van der Waals surface area contributed by atoms with E-state index in [1.165, 1.54) is 24.5 Å². The number of aryl methyl sites for hydroxylation is 1. The lowest BCUT2D eigenvalue weighted by atomic mass is 9.98. The zero-order chi connectivity index (χ0) is 25.7. The van der Waals surface area contributed by atoms with Crippen LogP contribution in [0.5, 0.6) is 0 Å². The van der Waals surface area contributed by atoms with Crippen LogP contribution >= 0.6 is 23.2 Å². The number of halogens is 4. The van der Waals surface area contributed by atoms with Crippen molar-refractivity contribution in [2.24, 2.45) is 0 Å². The molecule has 0 saturated carbocycles. The highest BCUT2D eigenvalue weighted by Crippen LogP contribution is 2.41. The molecule has 4 rings (SSSR count). The Morgan fingerprint density at radius 3 is 2.46 bits per heavy atom. The van der Waals surface area contributed by atoms with Crippen LogP contribution in [0.1, 0.15) is 41.1 Å². The fraction of sp³-hybridized carbons (Fsp3) is 0.160. The van der Waals surface area contributed by atoms with Crippen LogP contribution in [0.2, 0.25) is 10.0 Å². The van der Waals surface area contributed by atoms with E-state index in [1.54, 1.807) is 31.3 Å². The number of carbonyl (C=O) groups is 2. The standard InChI is InChI=1S/C25H18Cl2F2N2O4/c1-12-11-31(17-6-4-5-13(19(12)17)7-8-18(32)33)24(34)21-22(30-35-23(21)25(2,3)29)20-15(26)9-14(28)10-16(20)27/h4-11H,1-3H3,(H,32,33)/b8-7+. The van der Waals surface area contributed by atoms with Crippen LogP contribution in [0.15, 0.2) is 47.1 Å². The Hall–Kier alpha value is -3.49. The summed E-state index contributed by atoms with van der Waals surface area (Å²) in [6.07, 6.45) is 3.96. The van der Waals surface area contributed by atoms with Crippen molar-refractivity contribution in [2.45, 2.75) is 26.4 Å². The van der Waals surface area contributed by atoms with Gasteiger partial charge in [0.25, 0.3) is 5.91 Å². The van der Waals surface area contributed by atoms with Gasteiger partial charge in [-0.3, -0.25) is 9.36 Å². The number of aromatic nitrogens is 2. The zero-order valence-electron chi connectivity index (χ0n) is 18.7. The number of benzene rings is 2. The smallest absolute Gasteiger partial charge is 0.328 e. The first kappa shape index (κ1) is 24.6. The van der Waals surface area contributed by atoms with E-state index in [-0.39, 0.29) is 32.6 Å². The van der Waals surface area contributed by atoms with Gasteiger partial charge < -0.3 is 9.63 Å². The molecule has 0 aliphatic carbocycles. The average molecular weight is 519 g/mol. The van der Waals surface area contributed by atoms with Crippen molar-refractivity contribution < 1.29 is 28.0 Å². The monoisotopic (exact) mass is 518 g/mol. The molecule has 0 amide bonds. The highest BCUT2D eigenvalue weighted by Gasteiger charge is 2.36. The average Bonchev–Trinajstić information content (AvgIpc) is 3.33. The number of fused-ring (bicyclic) bond motifs is 1. The number of carbonyl (C=O) groups excluding carboxylic acids is 1. The molecule has 4 aromatic rings. The third-order valence-electron chi connectivity index (χ3n) is 5.37. The van der Waals surface area contributed by atoms with Crippen LogP contribution in [-0.2, 0) is 10.5 Å². The highest BCUT2D eigenvalue weighted by molar-refractivity contribution is 6.39. The lowest BCUT2D eigenvalue weighted by Crippen LogP contribution is -2.18. The van der Waals surface area contributed by atoms with Gasteiger partial charge in [-0.1, -0.05) is 40.5 Å². The first-order valence-corrected chi connectivity index (χ1v) is 11.1. The number of alkyl halides is 1. The quantitative estimate of drug-likeness (QED) is 0.286. The third kappa shape index (κ3) is 4.47. The molecule has 0 saturated heterocycles. The molecule has 2 aromatic heterocycles. The van der Waals surface area contributed by atoms with Gasteiger partial charge in [0.1, 0.15) is 17.1 Å². The van der Waals surface area contributed by atoms with Crippen molar-refractivity contribution in [3.63, 3.8) is 0 Å². The fourth-order valence-electron chi connectivity index (χ4n) is 3.94. The molecule has 0 bridgehead atoms. The molecule has 10 heteroatoms. The Morgan fingerprint density at radius 1 is 1.20 bits per heavy atom. The molecular formula is C25H18Cl2F2N2O4. The summed E-state index contributed by atoms with van der Waals surface area (Å²) in [4.78, 5) is 24.9. The molecule has 0 unspecified atom stereocenters. The molecule has 0 radical (unpaired) electrons. The first-order valence-electron chi connectivity index (χ1n) is 10.3. The summed E-state index contributed by atoms with van der Waals surface area (Å²) in [7, 11) is 0. The van der Waals surface area contributed by atoms with Gasteiger partial charge in [-0.15, -0.1) is 0 Å². The lowest BCUT2D eigenvalue weighted by Gasteiger charge is -2.14. The number of nitrogens with zero attached hydrogens (tertiary/aromatic N) is 2. The Bertz CT molecular complexity index is 1510. The second-order valence-corrected chi connectivity index (χ2v) is 9.17. The summed E-state index contributed by atoms with van der Waals surface area (Å²) in [5.74, 6) is -2.85. The molecule has 180 valence electrons. The molecule has 0 spiro atoms. The highest BCUT2D eigenvalue weighted by atomic mass is 35.5. The van der Waals surface area contributed by atoms with Gasteiger partial charge in [-0.2, -0.15) is 0 Å². The van der Waals surface area contributed by atoms with Crippen LogP contribution in [0.25, 0.3) is 28.2 Å². The van der Waals surface area contributed by atoms with Crippen LogP contribution < -0.4 is 0 Å². The predicted octanol–water partition coefficient (Wildman–Crippen LogP) is 7.04. The summed E-state index contributed by atoms with van der Waals surface area (Å²) in [5, 5.41) is 13.3. The maximum absolute atomic E-state index is 15.1. The van der Waals surface area contributed by atoms with Gasteiger partial charge in [0.15, 0.2) is 11.4 Å². The summed E-state index contributed by atoms with van der Waals surface area (Å²) in [5.41, 5.74) is -0.737. The molecule has 1 N–H and O–H groups in total. The van der Waals surface area contributed by atoms with E-state index in [1.807, 2.05) is 0 Å². The second-order valence-electron chi connectivity index (χ2n) is 8.35. The molecular weight excluding hydrogens is 501 g/mol. The Morgan fingerprint density at radius 2 is 1.86 bits per heavy atom.